The largest absolute Gasteiger partial charge is 0.454 e. The summed E-state index contributed by atoms with van der Waals surface area (Å²) in [6, 6.07) is 7.63. The quantitative estimate of drug-likeness (QED) is 0.640. The van der Waals surface area contributed by atoms with E-state index in [0.29, 0.717) is 17.9 Å². The van der Waals surface area contributed by atoms with Crippen LogP contribution < -0.4 is 0 Å². The van der Waals surface area contributed by atoms with E-state index in [1.54, 1.807) is 13.1 Å². The van der Waals surface area contributed by atoms with Crippen LogP contribution in [0.5, 0.6) is 0 Å². The van der Waals surface area contributed by atoms with Gasteiger partial charge in [0.05, 0.1) is 0 Å². The number of rotatable bonds is 6. The van der Waals surface area contributed by atoms with Crippen molar-refractivity contribution in [3.05, 3.63) is 36.0 Å². The minimum atomic E-state index is -0.745. The van der Waals surface area contributed by atoms with Gasteiger partial charge in [-0.25, -0.2) is 0 Å². The van der Waals surface area contributed by atoms with Gasteiger partial charge in [0.2, 0.25) is 5.78 Å². The van der Waals surface area contributed by atoms with Gasteiger partial charge in [0, 0.05) is 29.1 Å². The third kappa shape index (κ3) is 3.63. The summed E-state index contributed by atoms with van der Waals surface area (Å²) in [5, 5.41) is 0.867. The molecule has 2 aromatic rings. The summed E-state index contributed by atoms with van der Waals surface area (Å²) < 4.78 is 5.34. The highest BCUT2D eigenvalue weighted by Gasteiger charge is 2.23. The second-order valence-corrected chi connectivity index (χ2v) is 6.43. The van der Waals surface area contributed by atoms with Crippen molar-refractivity contribution in [1.82, 2.24) is 4.98 Å². The molecule has 0 unspecified atom stereocenters. The lowest BCUT2D eigenvalue weighted by Gasteiger charge is -2.13. The molecule has 0 bridgehead atoms. The van der Waals surface area contributed by atoms with Gasteiger partial charge >= 0.3 is 5.97 Å². The SMILES string of the molecule is C[C@@H](OC(=O)CCC1CCCC1)C(=O)c1c[nH]c2ccccc12. The second-order valence-electron chi connectivity index (χ2n) is 6.43. The van der Waals surface area contributed by atoms with Crippen molar-refractivity contribution in [2.45, 2.75) is 51.6 Å². The molecule has 1 aliphatic carbocycles. The van der Waals surface area contributed by atoms with Crippen molar-refractivity contribution in [3.8, 4) is 0 Å². The predicted octanol–water partition coefficient (Wildman–Crippen LogP) is 4.25. The standard InChI is InChI=1S/C19H23NO3/c1-13(23-18(21)11-10-14-6-2-3-7-14)19(22)16-12-20-17-9-5-4-8-15(16)17/h4-5,8-9,12-14,20H,2-3,6-7,10-11H2,1H3/t13-/m1/s1. The van der Waals surface area contributed by atoms with Gasteiger partial charge in [-0.2, -0.15) is 0 Å². The Morgan fingerprint density at radius 1 is 1.26 bits per heavy atom. The Hall–Kier alpha value is -2.10. The molecule has 3 rings (SSSR count). The Morgan fingerprint density at radius 2 is 2.00 bits per heavy atom. The zero-order valence-corrected chi connectivity index (χ0v) is 13.5. The molecule has 1 aromatic carbocycles. The number of ketones is 1. The first-order valence-electron chi connectivity index (χ1n) is 8.45. The molecule has 1 saturated carbocycles. The third-order valence-electron chi connectivity index (χ3n) is 4.76. The molecule has 122 valence electrons. The number of fused-ring (bicyclic) bond motifs is 1. The van der Waals surface area contributed by atoms with Crippen LogP contribution in [0.4, 0.5) is 0 Å². The Bertz CT molecular complexity index is 697. The summed E-state index contributed by atoms with van der Waals surface area (Å²) in [6.45, 7) is 1.65. The molecule has 23 heavy (non-hydrogen) atoms. The highest BCUT2D eigenvalue weighted by Crippen LogP contribution is 2.28. The number of hydrogen-bond donors (Lipinski definition) is 1. The van der Waals surface area contributed by atoms with E-state index in [9.17, 15) is 9.59 Å². The lowest BCUT2D eigenvalue weighted by atomic mass is 10.0. The summed E-state index contributed by atoms with van der Waals surface area (Å²) >= 11 is 0. The van der Waals surface area contributed by atoms with Crippen LogP contribution in [0.3, 0.4) is 0 Å². The van der Waals surface area contributed by atoms with Crippen molar-refractivity contribution in [1.29, 1.82) is 0 Å². The van der Waals surface area contributed by atoms with Crippen LogP contribution in [0.1, 0.15) is 55.8 Å². The summed E-state index contributed by atoms with van der Waals surface area (Å²) in [5.41, 5.74) is 1.49. The lowest BCUT2D eigenvalue weighted by Crippen LogP contribution is -2.24. The van der Waals surface area contributed by atoms with Gasteiger partial charge in [0.25, 0.3) is 0 Å². The number of nitrogens with one attached hydrogen (secondary N) is 1. The first kappa shape index (κ1) is 15.8. The minimum Gasteiger partial charge on any atom is -0.454 e. The van der Waals surface area contributed by atoms with Crippen molar-refractivity contribution in [3.63, 3.8) is 0 Å². The van der Waals surface area contributed by atoms with Crippen LogP contribution in [0.2, 0.25) is 0 Å². The first-order valence-corrected chi connectivity index (χ1v) is 8.45. The number of para-hydroxylation sites is 1. The zero-order valence-electron chi connectivity index (χ0n) is 13.5. The minimum absolute atomic E-state index is 0.156. The molecule has 0 amide bonds. The van der Waals surface area contributed by atoms with E-state index in [2.05, 4.69) is 4.98 Å². The average molecular weight is 313 g/mol. The van der Waals surface area contributed by atoms with Crippen LogP contribution >= 0.6 is 0 Å². The van der Waals surface area contributed by atoms with Gasteiger partial charge < -0.3 is 9.72 Å². The lowest BCUT2D eigenvalue weighted by molar-refractivity contribution is -0.146. The molecule has 1 aliphatic rings. The molecular weight excluding hydrogens is 290 g/mol. The van der Waals surface area contributed by atoms with Crippen LogP contribution in [-0.4, -0.2) is 22.8 Å². The van der Waals surface area contributed by atoms with Crippen LogP contribution in [-0.2, 0) is 9.53 Å². The number of carbonyl (C=O) groups excluding carboxylic acids is 2. The number of aromatic amines is 1. The van der Waals surface area contributed by atoms with E-state index >= 15 is 0 Å². The average Bonchev–Trinajstić information content (AvgIpc) is 3.21. The molecule has 4 nitrogen and oxygen atoms in total. The molecule has 1 aromatic heterocycles. The van der Waals surface area contributed by atoms with E-state index in [4.69, 9.17) is 4.74 Å². The van der Waals surface area contributed by atoms with Crippen LogP contribution in [0.15, 0.2) is 30.5 Å². The van der Waals surface area contributed by atoms with Gasteiger partial charge in [-0.3, -0.25) is 9.59 Å². The number of H-pyrrole nitrogens is 1. The van der Waals surface area contributed by atoms with E-state index in [1.165, 1.54) is 25.7 Å². The maximum absolute atomic E-state index is 12.5. The molecular formula is C19H23NO3. The molecule has 1 atom stereocenters. The van der Waals surface area contributed by atoms with E-state index in [0.717, 1.165) is 17.3 Å². The van der Waals surface area contributed by atoms with Crippen LogP contribution in [0, 0.1) is 5.92 Å². The fourth-order valence-corrected chi connectivity index (χ4v) is 3.42. The van der Waals surface area contributed by atoms with Gasteiger partial charge in [-0.05, 0) is 25.3 Å². The summed E-state index contributed by atoms with van der Waals surface area (Å²) in [7, 11) is 0. The molecule has 0 spiro atoms. The molecule has 0 radical (unpaired) electrons. The van der Waals surface area contributed by atoms with E-state index in [-0.39, 0.29) is 11.8 Å². The third-order valence-corrected chi connectivity index (χ3v) is 4.76. The molecule has 1 heterocycles. The van der Waals surface area contributed by atoms with Crippen molar-refractivity contribution in [2.24, 2.45) is 5.92 Å². The number of hydrogen-bond acceptors (Lipinski definition) is 3. The Balaban J connectivity index is 1.57. The van der Waals surface area contributed by atoms with Gasteiger partial charge in [-0.15, -0.1) is 0 Å². The van der Waals surface area contributed by atoms with Crippen molar-refractivity contribution < 1.29 is 14.3 Å². The number of ether oxygens (including phenoxy) is 1. The number of esters is 1. The predicted molar refractivity (Wildman–Crippen MR) is 89.4 cm³/mol. The zero-order chi connectivity index (χ0) is 16.2. The monoisotopic (exact) mass is 313 g/mol. The van der Waals surface area contributed by atoms with Gasteiger partial charge in [-0.1, -0.05) is 43.9 Å². The Kier molecular flexibility index (Phi) is 4.79. The smallest absolute Gasteiger partial charge is 0.306 e. The van der Waals surface area contributed by atoms with Gasteiger partial charge in [0.15, 0.2) is 6.10 Å². The second kappa shape index (κ2) is 6.99. The normalized spacial score (nSPS) is 16.6. The molecule has 1 fully saturated rings. The molecule has 1 N–H and O–H groups in total. The summed E-state index contributed by atoms with van der Waals surface area (Å²) in [5.74, 6) is 0.233. The number of carbonyl (C=O) groups is 2. The highest BCUT2D eigenvalue weighted by atomic mass is 16.5. The topological polar surface area (TPSA) is 59.2 Å². The number of benzene rings is 1. The summed E-state index contributed by atoms with van der Waals surface area (Å²) in [6.07, 6.45) is 7.22. The number of Topliss-reactive ketones (excluding diaryl/α,β-unsaturated/α-hetero) is 1. The molecule has 0 aliphatic heterocycles. The van der Waals surface area contributed by atoms with Gasteiger partial charge in [0.1, 0.15) is 0 Å². The van der Waals surface area contributed by atoms with Crippen molar-refractivity contribution >= 4 is 22.7 Å². The first-order chi connectivity index (χ1) is 11.1. The number of aromatic nitrogens is 1. The van der Waals surface area contributed by atoms with Crippen LogP contribution in [0.25, 0.3) is 10.9 Å². The maximum atomic E-state index is 12.5. The molecule has 4 heteroatoms. The Labute approximate surface area is 136 Å². The molecule has 0 saturated heterocycles. The fraction of sp³-hybridized carbons (Fsp3) is 0.474. The highest BCUT2D eigenvalue weighted by molar-refractivity contribution is 6.10. The fourth-order valence-electron chi connectivity index (χ4n) is 3.42. The maximum Gasteiger partial charge on any atom is 0.306 e. The summed E-state index contributed by atoms with van der Waals surface area (Å²) in [4.78, 5) is 27.6. The van der Waals surface area contributed by atoms with Crippen molar-refractivity contribution in [2.75, 3.05) is 0 Å². The van der Waals surface area contributed by atoms with E-state index < -0.39 is 6.10 Å². The Morgan fingerprint density at radius 3 is 2.78 bits per heavy atom. The van der Waals surface area contributed by atoms with E-state index in [1.807, 2.05) is 24.3 Å².